The highest BCUT2D eigenvalue weighted by atomic mass is 35.5. The summed E-state index contributed by atoms with van der Waals surface area (Å²) in [6.07, 6.45) is 0. The van der Waals surface area contributed by atoms with E-state index >= 15 is 0 Å². The van der Waals surface area contributed by atoms with Crippen molar-refractivity contribution < 1.29 is 14.3 Å². The van der Waals surface area contributed by atoms with E-state index in [4.69, 9.17) is 21.1 Å². The van der Waals surface area contributed by atoms with Gasteiger partial charge in [-0.25, -0.2) is 0 Å². The first-order valence-electron chi connectivity index (χ1n) is 9.08. The molecular formula is C21H27ClN2O3. The first kappa shape index (κ1) is 21.1. The maximum absolute atomic E-state index is 12.3. The van der Waals surface area contributed by atoms with E-state index in [2.05, 4.69) is 10.2 Å². The van der Waals surface area contributed by atoms with Crippen molar-refractivity contribution in [3.05, 3.63) is 58.6 Å². The van der Waals surface area contributed by atoms with Crippen LogP contribution in [0.4, 0.5) is 0 Å². The molecule has 2 aromatic carbocycles. The SMILES string of the molecule is CCOc1ccc(CN(CC)CC(=O)NCc2ccc(Cl)cc2)cc1OC. The highest BCUT2D eigenvalue weighted by molar-refractivity contribution is 6.30. The Kier molecular flexibility index (Phi) is 8.43. The molecule has 5 nitrogen and oxygen atoms in total. The predicted molar refractivity (Wildman–Crippen MR) is 108 cm³/mol. The molecule has 0 aliphatic carbocycles. The number of hydrogen-bond donors (Lipinski definition) is 1. The average molecular weight is 391 g/mol. The van der Waals surface area contributed by atoms with Crippen LogP contribution >= 0.6 is 11.6 Å². The van der Waals surface area contributed by atoms with Crippen molar-refractivity contribution in [2.45, 2.75) is 26.9 Å². The van der Waals surface area contributed by atoms with Gasteiger partial charge in [-0.1, -0.05) is 36.7 Å². The second kappa shape index (κ2) is 10.8. The van der Waals surface area contributed by atoms with E-state index < -0.39 is 0 Å². The fourth-order valence-electron chi connectivity index (χ4n) is 2.68. The lowest BCUT2D eigenvalue weighted by Crippen LogP contribution is -2.36. The summed E-state index contributed by atoms with van der Waals surface area (Å²) in [6, 6.07) is 13.3. The van der Waals surface area contributed by atoms with Gasteiger partial charge in [0.25, 0.3) is 0 Å². The molecule has 2 aromatic rings. The van der Waals surface area contributed by atoms with E-state index in [1.807, 2.05) is 56.3 Å². The molecule has 0 aromatic heterocycles. The molecule has 0 aliphatic rings. The van der Waals surface area contributed by atoms with Crippen LogP contribution in [0.15, 0.2) is 42.5 Å². The molecular weight excluding hydrogens is 364 g/mol. The number of benzene rings is 2. The van der Waals surface area contributed by atoms with Crippen LogP contribution < -0.4 is 14.8 Å². The quantitative estimate of drug-likeness (QED) is 0.668. The minimum absolute atomic E-state index is 0.00954. The van der Waals surface area contributed by atoms with Gasteiger partial charge in [-0.3, -0.25) is 9.69 Å². The molecule has 0 atom stereocenters. The fraction of sp³-hybridized carbons (Fsp3) is 0.381. The summed E-state index contributed by atoms with van der Waals surface area (Å²) in [6.45, 7) is 6.82. The number of hydrogen-bond acceptors (Lipinski definition) is 4. The summed E-state index contributed by atoms with van der Waals surface area (Å²) in [7, 11) is 1.63. The number of methoxy groups -OCH3 is 1. The minimum Gasteiger partial charge on any atom is -0.493 e. The van der Waals surface area contributed by atoms with Crippen LogP contribution in [0.5, 0.6) is 11.5 Å². The number of carbonyl (C=O) groups is 1. The molecule has 0 bridgehead atoms. The van der Waals surface area contributed by atoms with Gasteiger partial charge in [-0.2, -0.15) is 0 Å². The minimum atomic E-state index is -0.00954. The van der Waals surface area contributed by atoms with Gasteiger partial charge in [0.2, 0.25) is 5.91 Å². The lowest BCUT2D eigenvalue weighted by molar-refractivity contribution is -0.122. The third kappa shape index (κ3) is 6.77. The summed E-state index contributed by atoms with van der Waals surface area (Å²) in [5.41, 5.74) is 2.09. The molecule has 0 radical (unpaired) electrons. The number of rotatable bonds is 10. The number of ether oxygens (including phenoxy) is 2. The first-order valence-corrected chi connectivity index (χ1v) is 9.46. The average Bonchev–Trinajstić information content (AvgIpc) is 2.68. The fourth-order valence-corrected chi connectivity index (χ4v) is 2.81. The molecule has 0 fully saturated rings. The Bertz CT molecular complexity index is 735. The molecule has 0 aliphatic heterocycles. The van der Waals surface area contributed by atoms with Crippen molar-refractivity contribution in [1.29, 1.82) is 0 Å². The summed E-state index contributed by atoms with van der Waals surface area (Å²) in [5.74, 6) is 1.43. The summed E-state index contributed by atoms with van der Waals surface area (Å²) < 4.78 is 10.9. The zero-order valence-electron chi connectivity index (χ0n) is 16.1. The van der Waals surface area contributed by atoms with Crippen molar-refractivity contribution in [3.8, 4) is 11.5 Å². The number of nitrogens with zero attached hydrogens (tertiary/aromatic N) is 1. The van der Waals surface area contributed by atoms with Gasteiger partial charge in [-0.15, -0.1) is 0 Å². The van der Waals surface area contributed by atoms with E-state index in [9.17, 15) is 4.79 Å². The van der Waals surface area contributed by atoms with Crippen LogP contribution in [0.3, 0.4) is 0 Å². The predicted octanol–water partition coefficient (Wildman–Crippen LogP) is 3.89. The third-order valence-electron chi connectivity index (χ3n) is 4.15. The molecule has 2 rings (SSSR count). The van der Waals surface area contributed by atoms with Gasteiger partial charge >= 0.3 is 0 Å². The largest absolute Gasteiger partial charge is 0.493 e. The maximum atomic E-state index is 12.3. The normalized spacial score (nSPS) is 10.7. The van der Waals surface area contributed by atoms with Crippen molar-refractivity contribution in [2.75, 3.05) is 26.8 Å². The number of carbonyl (C=O) groups excluding carboxylic acids is 1. The summed E-state index contributed by atoms with van der Waals surface area (Å²) in [4.78, 5) is 14.4. The van der Waals surface area contributed by atoms with E-state index in [1.54, 1.807) is 7.11 Å². The van der Waals surface area contributed by atoms with Crippen LogP contribution in [0, 0.1) is 0 Å². The maximum Gasteiger partial charge on any atom is 0.234 e. The topological polar surface area (TPSA) is 50.8 Å². The van der Waals surface area contributed by atoms with E-state index in [0.717, 1.165) is 23.4 Å². The van der Waals surface area contributed by atoms with Gasteiger partial charge in [0.05, 0.1) is 20.3 Å². The highest BCUT2D eigenvalue weighted by Crippen LogP contribution is 2.28. The molecule has 1 amide bonds. The Hall–Kier alpha value is -2.24. The second-order valence-electron chi connectivity index (χ2n) is 6.12. The summed E-state index contributed by atoms with van der Waals surface area (Å²) >= 11 is 5.88. The van der Waals surface area contributed by atoms with E-state index in [-0.39, 0.29) is 5.91 Å². The van der Waals surface area contributed by atoms with Crippen LogP contribution in [-0.4, -0.2) is 37.6 Å². The zero-order valence-corrected chi connectivity index (χ0v) is 16.9. The summed E-state index contributed by atoms with van der Waals surface area (Å²) in [5, 5.41) is 3.64. The molecule has 146 valence electrons. The number of halogens is 1. The van der Waals surface area contributed by atoms with Crippen molar-refractivity contribution in [2.24, 2.45) is 0 Å². The van der Waals surface area contributed by atoms with Crippen molar-refractivity contribution >= 4 is 17.5 Å². The van der Waals surface area contributed by atoms with Crippen molar-refractivity contribution in [3.63, 3.8) is 0 Å². The lowest BCUT2D eigenvalue weighted by Gasteiger charge is -2.21. The smallest absolute Gasteiger partial charge is 0.234 e. The first-order chi connectivity index (χ1) is 13.0. The molecule has 0 saturated carbocycles. The third-order valence-corrected chi connectivity index (χ3v) is 4.40. The van der Waals surface area contributed by atoms with E-state index in [1.165, 1.54) is 0 Å². The van der Waals surface area contributed by atoms with Gasteiger partial charge in [0, 0.05) is 18.1 Å². The standard InChI is InChI=1S/C21H27ClN2O3/c1-4-24(14-17-8-11-19(27-5-2)20(12-17)26-3)15-21(25)23-13-16-6-9-18(22)10-7-16/h6-12H,4-5,13-15H2,1-3H3,(H,23,25). The Morgan fingerprint density at radius 2 is 1.78 bits per heavy atom. The Balaban J connectivity index is 1.90. The van der Waals surface area contributed by atoms with Crippen LogP contribution in [0.25, 0.3) is 0 Å². The van der Waals surface area contributed by atoms with Crippen LogP contribution in [0.1, 0.15) is 25.0 Å². The molecule has 27 heavy (non-hydrogen) atoms. The lowest BCUT2D eigenvalue weighted by atomic mass is 10.2. The van der Waals surface area contributed by atoms with Crippen LogP contribution in [0.2, 0.25) is 5.02 Å². The highest BCUT2D eigenvalue weighted by Gasteiger charge is 2.12. The number of amides is 1. The van der Waals surface area contributed by atoms with Gasteiger partial charge < -0.3 is 14.8 Å². The zero-order chi connectivity index (χ0) is 19.6. The molecule has 6 heteroatoms. The number of likely N-dealkylation sites (N-methyl/N-ethyl adjacent to an activating group) is 1. The molecule has 1 N–H and O–H groups in total. The van der Waals surface area contributed by atoms with Gasteiger partial charge in [-0.05, 0) is 48.9 Å². The molecule has 0 unspecified atom stereocenters. The van der Waals surface area contributed by atoms with Gasteiger partial charge in [0.1, 0.15) is 0 Å². The monoisotopic (exact) mass is 390 g/mol. The molecule has 0 saturated heterocycles. The van der Waals surface area contributed by atoms with Crippen molar-refractivity contribution in [1.82, 2.24) is 10.2 Å². The molecule has 0 spiro atoms. The Labute approximate surface area is 166 Å². The molecule has 0 heterocycles. The van der Waals surface area contributed by atoms with Gasteiger partial charge in [0.15, 0.2) is 11.5 Å². The van der Waals surface area contributed by atoms with E-state index in [0.29, 0.717) is 37.0 Å². The second-order valence-corrected chi connectivity index (χ2v) is 6.56. The number of nitrogens with one attached hydrogen (secondary N) is 1. The Morgan fingerprint density at radius 1 is 1.07 bits per heavy atom. The van der Waals surface area contributed by atoms with Crippen LogP contribution in [-0.2, 0) is 17.9 Å². The Morgan fingerprint density at radius 3 is 2.41 bits per heavy atom.